The first-order valence-corrected chi connectivity index (χ1v) is 11.2. The van der Waals surface area contributed by atoms with Gasteiger partial charge in [-0.05, 0) is 67.3 Å². The third-order valence-corrected chi connectivity index (χ3v) is 5.34. The number of hydrogen-bond acceptors (Lipinski definition) is 6. The number of benzene rings is 1. The first kappa shape index (κ1) is 24.5. The number of nitrogens with one attached hydrogen (secondary N) is 1. The van der Waals surface area contributed by atoms with Crippen molar-refractivity contribution >= 4 is 22.5 Å². The summed E-state index contributed by atoms with van der Waals surface area (Å²) in [6, 6.07) is 11.4. The number of alkyl halides is 3. The normalized spacial score (nSPS) is 11.9. The van der Waals surface area contributed by atoms with E-state index in [0.29, 0.717) is 46.6 Å². The van der Waals surface area contributed by atoms with Gasteiger partial charge >= 0.3 is 6.18 Å². The van der Waals surface area contributed by atoms with Crippen molar-refractivity contribution in [3.63, 3.8) is 0 Å². The van der Waals surface area contributed by atoms with Crippen LogP contribution in [0.5, 0.6) is 0 Å². The number of fused-ring (bicyclic) bond motifs is 1. The van der Waals surface area contributed by atoms with E-state index in [1.807, 2.05) is 45.0 Å². The Hall–Kier alpha value is -3.59. The van der Waals surface area contributed by atoms with Crippen molar-refractivity contribution in [2.24, 2.45) is 5.92 Å². The van der Waals surface area contributed by atoms with E-state index in [9.17, 15) is 13.2 Å². The van der Waals surface area contributed by atoms with Gasteiger partial charge in [0.05, 0.1) is 22.3 Å². The van der Waals surface area contributed by atoms with Crippen LogP contribution < -0.4 is 5.32 Å². The second-order valence-corrected chi connectivity index (χ2v) is 8.79. The predicted octanol–water partition coefficient (Wildman–Crippen LogP) is 6.64. The Morgan fingerprint density at radius 3 is 2.46 bits per heavy atom. The maximum atomic E-state index is 13.2. The monoisotopic (exact) mass is 481 g/mol. The Kier molecular flexibility index (Phi) is 6.98. The minimum Gasteiger partial charge on any atom is -0.373 e. The molecule has 0 aliphatic rings. The lowest BCUT2D eigenvalue weighted by atomic mass is 10.1. The van der Waals surface area contributed by atoms with Crippen LogP contribution in [0.15, 0.2) is 48.7 Å². The van der Waals surface area contributed by atoms with Crippen LogP contribution in [0.2, 0.25) is 0 Å². The summed E-state index contributed by atoms with van der Waals surface area (Å²) in [5.41, 5.74) is 2.76. The van der Waals surface area contributed by atoms with Crippen LogP contribution in [0.3, 0.4) is 0 Å². The fourth-order valence-corrected chi connectivity index (χ4v) is 3.68. The van der Waals surface area contributed by atoms with Gasteiger partial charge in [-0.2, -0.15) is 13.2 Å². The van der Waals surface area contributed by atoms with Crippen LogP contribution >= 0.6 is 0 Å². The molecule has 35 heavy (non-hydrogen) atoms. The van der Waals surface area contributed by atoms with Crippen molar-refractivity contribution < 1.29 is 17.9 Å². The summed E-state index contributed by atoms with van der Waals surface area (Å²) in [6.07, 6.45) is -2.70. The summed E-state index contributed by atoms with van der Waals surface area (Å²) >= 11 is 0. The number of pyridine rings is 2. The van der Waals surface area contributed by atoms with Crippen molar-refractivity contribution in [2.45, 2.75) is 40.5 Å². The zero-order valence-electron chi connectivity index (χ0n) is 19.9. The topological polar surface area (TPSA) is 72.8 Å². The molecule has 0 atom stereocenters. The molecule has 182 valence electrons. The van der Waals surface area contributed by atoms with Gasteiger partial charge in [-0.15, -0.1) is 0 Å². The molecule has 0 saturated heterocycles. The van der Waals surface area contributed by atoms with E-state index in [4.69, 9.17) is 9.72 Å². The van der Waals surface area contributed by atoms with E-state index in [1.165, 1.54) is 19.1 Å². The highest BCUT2D eigenvalue weighted by molar-refractivity contribution is 5.90. The van der Waals surface area contributed by atoms with Gasteiger partial charge in [-0.1, -0.05) is 19.9 Å². The summed E-state index contributed by atoms with van der Waals surface area (Å²) in [6.45, 7) is 8.21. The van der Waals surface area contributed by atoms with E-state index in [2.05, 4.69) is 20.3 Å². The van der Waals surface area contributed by atoms with Gasteiger partial charge in [0.1, 0.15) is 12.4 Å². The van der Waals surface area contributed by atoms with Gasteiger partial charge in [0, 0.05) is 18.5 Å². The zero-order valence-corrected chi connectivity index (χ0v) is 19.9. The van der Waals surface area contributed by atoms with Crippen LogP contribution in [0, 0.1) is 19.8 Å². The highest BCUT2D eigenvalue weighted by Crippen LogP contribution is 2.34. The largest absolute Gasteiger partial charge is 0.416 e. The molecule has 6 nitrogen and oxygen atoms in total. The lowest BCUT2D eigenvalue weighted by Gasteiger charge is -2.15. The maximum absolute atomic E-state index is 13.2. The minimum atomic E-state index is -4.41. The van der Waals surface area contributed by atoms with Crippen LogP contribution in [-0.2, 0) is 17.5 Å². The number of rotatable bonds is 7. The fourth-order valence-electron chi connectivity index (χ4n) is 3.68. The number of aryl methyl sites for hydroxylation is 2. The zero-order chi connectivity index (χ0) is 25.2. The molecule has 0 unspecified atom stereocenters. The summed E-state index contributed by atoms with van der Waals surface area (Å²) in [5, 5.41) is 3.78. The summed E-state index contributed by atoms with van der Waals surface area (Å²) in [4.78, 5) is 18.3. The average Bonchev–Trinajstić information content (AvgIpc) is 2.78. The molecule has 4 rings (SSSR count). The van der Waals surface area contributed by atoms with Crippen molar-refractivity contribution in [3.05, 3.63) is 71.2 Å². The molecule has 0 amide bonds. The van der Waals surface area contributed by atoms with Gasteiger partial charge < -0.3 is 10.1 Å². The number of aromatic nitrogens is 4. The molecule has 0 fully saturated rings. The Bertz CT molecular complexity index is 1350. The highest BCUT2D eigenvalue weighted by atomic mass is 19.4. The fraction of sp³-hybridized carbons (Fsp3) is 0.308. The minimum absolute atomic E-state index is 0.118. The molecule has 0 aliphatic carbocycles. The third-order valence-electron chi connectivity index (χ3n) is 5.34. The first-order chi connectivity index (χ1) is 16.6. The summed E-state index contributed by atoms with van der Waals surface area (Å²) < 4.78 is 45.3. The molecular formula is C26H26F3N5O. The number of ether oxygens (including phenoxy) is 1. The van der Waals surface area contributed by atoms with Gasteiger partial charge in [0.2, 0.25) is 0 Å². The van der Waals surface area contributed by atoms with Gasteiger partial charge in [-0.25, -0.2) is 15.0 Å². The highest BCUT2D eigenvalue weighted by Gasteiger charge is 2.32. The molecule has 0 saturated carbocycles. The number of anilines is 2. The lowest BCUT2D eigenvalue weighted by molar-refractivity contribution is -0.138. The van der Waals surface area contributed by atoms with Crippen molar-refractivity contribution in [1.82, 2.24) is 19.9 Å². The number of hydrogen-bond donors (Lipinski definition) is 1. The second kappa shape index (κ2) is 9.95. The van der Waals surface area contributed by atoms with E-state index in [1.54, 1.807) is 6.20 Å². The summed E-state index contributed by atoms with van der Waals surface area (Å²) in [7, 11) is 0. The molecule has 0 aliphatic heterocycles. The molecule has 4 aromatic rings. The number of nitrogens with zero attached hydrogens (tertiary/aromatic N) is 4. The van der Waals surface area contributed by atoms with Gasteiger partial charge in [0.25, 0.3) is 0 Å². The molecule has 9 heteroatoms. The van der Waals surface area contributed by atoms with Crippen LogP contribution in [-0.4, -0.2) is 26.5 Å². The lowest BCUT2D eigenvalue weighted by Crippen LogP contribution is -2.09. The SMILES string of the molecule is Cc1cc(Nc2nc(COCC(C)C)nc3nc(-c4ncccc4C)ccc23)ccc1C(F)(F)F. The smallest absolute Gasteiger partial charge is 0.373 e. The van der Waals surface area contributed by atoms with E-state index in [0.717, 1.165) is 17.3 Å². The molecule has 1 N–H and O–H groups in total. The van der Waals surface area contributed by atoms with Crippen molar-refractivity contribution in [2.75, 3.05) is 11.9 Å². The first-order valence-electron chi connectivity index (χ1n) is 11.2. The Balaban J connectivity index is 1.75. The van der Waals surface area contributed by atoms with Crippen molar-refractivity contribution in [1.29, 1.82) is 0 Å². The van der Waals surface area contributed by atoms with Crippen LogP contribution in [0.1, 0.15) is 36.4 Å². The molecular weight excluding hydrogens is 455 g/mol. The molecule has 0 radical (unpaired) electrons. The average molecular weight is 482 g/mol. The summed E-state index contributed by atoms with van der Waals surface area (Å²) in [5.74, 6) is 1.21. The predicted molar refractivity (Wildman–Crippen MR) is 129 cm³/mol. The number of halogens is 3. The van der Waals surface area contributed by atoms with Crippen LogP contribution in [0.25, 0.3) is 22.4 Å². The van der Waals surface area contributed by atoms with E-state index in [-0.39, 0.29) is 12.2 Å². The Morgan fingerprint density at radius 2 is 1.77 bits per heavy atom. The quantitative estimate of drug-likeness (QED) is 0.319. The van der Waals surface area contributed by atoms with E-state index < -0.39 is 11.7 Å². The van der Waals surface area contributed by atoms with Crippen LogP contribution in [0.4, 0.5) is 24.7 Å². The third kappa shape index (κ3) is 5.74. The molecule has 0 spiro atoms. The maximum Gasteiger partial charge on any atom is 0.416 e. The molecule has 0 bridgehead atoms. The van der Waals surface area contributed by atoms with Gasteiger partial charge in [-0.3, -0.25) is 4.98 Å². The standard InChI is InChI=1S/C26H26F3N5O/c1-15(2)13-35-14-22-33-24(31-18-7-9-20(17(4)12-18)26(27,28)29)19-8-10-21(32-25(19)34-22)23-16(3)6-5-11-30-23/h5-12,15H,13-14H2,1-4H3,(H,31,32,33,34). The second-order valence-electron chi connectivity index (χ2n) is 8.79. The Labute approximate surface area is 201 Å². The van der Waals surface area contributed by atoms with Gasteiger partial charge in [0.15, 0.2) is 11.5 Å². The molecule has 1 aromatic carbocycles. The molecule has 3 aromatic heterocycles. The molecule has 3 heterocycles. The van der Waals surface area contributed by atoms with E-state index >= 15 is 0 Å². The van der Waals surface area contributed by atoms with Crippen molar-refractivity contribution in [3.8, 4) is 11.4 Å². The Morgan fingerprint density at radius 1 is 0.971 bits per heavy atom.